The summed E-state index contributed by atoms with van der Waals surface area (Å²) in [6.07, 6.45) is 6.95. The summed E-state index contributed by atoms with van der Waals surface area (Å²) >= 11 is 0. The summed E-state index contributed by atoms with van der Waals surface area (Å²) in [5, 5.41) is 2.51. The molecule has 3 aliphatic rings. The van der Waals surface area contributed by atoms with E-state index in [-0.39, 0.29) is 5.41 Å². The van der Waals surface area contributed by atoms with E-state index in [1.807, 2.05) is 24.3 Å². The minimum absolute atomic E-state index is 0.383. The second-order valence-corrected chi connectivity index (χ2v) is 15.6. The van der Waals surface area contributed by atoms with Crippen molar-refractivity contribution >= 4 is 16.8 Å². The van der Waals surface area contributed by atoms with Gasteiger partial charge in [0.25, 0.3) is 0 Å². The molecule has 2 heteroatoms. The molecule has 0 atom stereocenters. The van der Waals surface area contributed by atoms with E-state index in [0.717, 1.165) is 46.7 Å². The van der Waals surface area contributed by atoms with Gasteiger partial charge in [0.15, 0.2) is 5.82 Å². The van der Waals surface area contributed by atoms with Gasteiger partial charge in [-0.15, -0.1) is 0 Å². The fourth-order valence-corrected chi connectivity index (χ4v) is 9.98. The fourth-order valence-electron chi connectivity index (χ4n) is 9.98. The third-order valence-electron chi connectivity index (χ3n) is 12.5. The van der Waals surface area contributed by atoms with Crippen LogP contribution in [-0.2, 0) is 11.8 Å². The first-order valence-electron chi connectivity index (χ1n) is 20.0. The van der Waals surface area contributed by atoms with Crippen molar-refractivity contribution in [2.24, 2.45) is 0 Å². The van der Waals surface area contributed by atoms with E-state index in [0.29, 0.717) is 0 Å². The lowest BCUT2D eigenvalue weighted by molar-refractivity contribution is 0.787. The van der Waals surface area contributed by atoms with E-state index in [1.54, 1.807) is 0 Å². The summed E-state index contributed by atoms with van der Waals surface area (Å²) in [5.74, 6) is 0.724. The molecule has 0 saturated carbocycles. The second-order valence-electron chi connectivity index (χ2n) is 15.6. The molecule has 0 radical (unpaired) electrons. The third kappa shape index (κ3) is 4.77. The number of aryl methyl sites for hydroxylation is 1. The summed E-state index contributed by atoms with van der Waals surface area (Å²) in [5.41, 5.74) is 20.8. The molecule has 3 aliphatic carbocycles. The molecule has 0 bridgehead atoms. The van der Waals surface area contributed by atoms with Crippen molar-refractivity contribution < 1.29 is 0 Å². The van der Waals surface area contributed by atoms with Crippen LogP contribution < -0.4 is 0 Å². The third-order valence-corrected chi connectivity index (χ3v) is 12.5. The second kappa shape index (κ2) is 12.4. The molecule has 1 spiro atoms. The zero-order chi connectivity index (χ0) is 37.5. The number of nitrogens with zero attached hydrogens (tertiary/aromatic N) is 2. The van der Waals surface area contributed by atoms with E-state index >= 15 is 0 Å². The lowest BCUT2D eigenvalue weighted by atomic mass is 9.68. The van der Waals surface area contributed by atoms with Crippen molar-refractivity contribution in [1.82, 2.24) is 9.97 Å². The summed E-state index contributed by atoms with van der Waals surface area (Å²) in [6, 6.07) is 66.5. The average molecular weight is 725 g/mol. The Hall–Kier alpha value is -7.16. The van der Waals surface area contributed by atoms with E-state index < -0.39 is 0 Å². The Morgan fingerprint density at radius 1 is 0.404 bits per heavy atom. The summed E-state index contributed by atoms with van der Waals surface area (Å²) in [6.45, 7) is 0. The number of rotatable bonds is 4. The Balaban J connectivity index is 0.997. The van der Waals surface area contributed by atoms with Crippen molar-refractivity contribution in [2.45, 2.75) is 18.3 Å². The van der Waals surface area contributed by atoms with Gasteiger partial charge in [-0.1, -0.05) is 170 Å². The first kappa shape index (κ1) is 32.1. The van der Waals surface area contributed by atoms with E-state index in [9.17, 15) is 0 Å². The van der Waals surface area contributed by atoms with Gasteiger partial charge in [-0.2, -0.15) is 0 Å². The molecule has 8 aromatic carbocycles. The maximum atomic E-state index is 5.07. The van der Waals surface area contributed by atoms with Gasteiger partial charge < -0.3 is 0 Å². The molecule has 2 nitrogen and oxygen atoms in total. The molecule has 0 N–H and O–H groups in total. The van der Waals surface area contributed by atoms with Gasteiger partial charge in [0.05, 0.1) is 16.8 Å². The fraction of sp³-hybridized carbons (Fsp3) is 0.0545. The molecule has 0 aliphatic heterocycles. The van der Waals surface area contributed by atoms with Gasteiger partial charge in [-0.25, -0.2) is 9.97 Å². The van der Waals surface area contributed by atoms with Crippen LogP contribution in [0, 0.1) is 0 Å². The highest BCUT2D eigenvalue weighted by molar-refractivity contribution is 6.02. The zero-order valence-electron chi connectivity index (χ0n) is 31.3. The maximum absolute atomic E-state index is 5.07. The monoisotopic (exact) mass is 724 g/mol. The Labute approximate surface area is 332 Å². The van der Waals surface area contributed by atoms with Crippen LogP contribution in [0.1, 0.15) is 39.8 Å². The normalized spacial score (nSPS) is 13.9. The van der Waals surface area contributed by atoms with Gasteiger partial charge in [0, 0.05) is 16.7 Å². The average Bonchev–Trinajstić information content (AvgIpc) is 3.75. The van der Waals surface area contributed by atoms with Gasteiger partial charge >= 0.3 is 0 Å². The van der Waals surface area contributed by atoms with Crippen LogP contribution in [0.5, 0.6) is 0 Å². The van der Waals surface area contributed by atoms with E-state index in [4.69, 9.17) is 9.97 Å². The van der Waals surface area contributed by atoms with Gasteiger partial charge in [-0.05, 0) is 115 Å². The molecule has 266 valence electrons. The van der Waals surface area contributed by atoms with E-state index in [2.05, 4.69) is 170 Å². The van der Waals surface area contributed by atoms with Crippen LogP contribution in [0.2, 0.25) is 0 Å². The van der Waals surface area contributed by atoms with Crippen molar-refractivity contribution in [1.29, 1.82) is 0 Å². The summed E-state index contributed by atoms with van der Waals surface area (Å²) in [4.78, 5) is 10.1. The predicted molar refractivity (Wildman–Crippen MR) is 235 cm³/mol. The largest absolute Gasteiger partial charge is 0.228 e. The van der Waals surface area contributed by atoms with Crippen molar-refractivity contribution in [3.05, 3.63) is 221 Å². The first-order valence-corrected chi connectivity index (χ1v) is 20.0. The molecule has 0 fully saturated rings. The van der Waals surface area contributed by atoms with Crippen molar-refractivity contribution in [3.63, 3.8) is 0 Å². The van der Waals surface area contributed by atoms with Crippen LogP contribution in [0.25, 0.3) is 84.1 Å². The highest BCUT2D eigenvalue weighted by Crippen LogP contribution is 2.64. The standard InChI is InChI=1S/C55H36N2/c1-3-14-37(15-4-1)51-34-52(57-54(56-51)39-16-5-2-6-17-39)38-25-23-35(24-26-38)40-27-28-41-32-47-46-30-29-36-13-7-8-18-43(36)53(46)55(50(47)33-42(41)31-40)48-21-11-9-19-44(48)45-20-10-12-22-49(45)55/h1-6,8-12,14-34H,7,13H2. The predicted octanol–water partition coefficient (Wildman–Crippen LogP) is 13.6. The van der Waals surface area contributed by atoms with Gasteiger partial charge in [-0.3, -0.25) is 0 Å². The Morgan fingerprint density at radius 2 is 1.02 bits per heavy atom. The van der Waals surface area contributed by atoms with Gasteiger partial charge in [0.1, 0.15) is 0 Å². The van der Waals surface area contributed by atoms with Crippen LogP contribution in [0.15, 0.2) is 188 Å². The molecule has 1 aromatic heterocycles. The molecule has 0 amide bonds. The Kier molecular flexibility index (Phi) is 7.00. The van der Waals surface area contributed by atoms with E-state index in [1.165, 1.54) is 77.5 Å². The van der Waals surface area contributed by atoms with Crippen molar-refractivity contribution in [2.75, 3.05) is 0 Å². The van der Waals surface area contributed by atoms with Crippen LogP contribution in [0.4, 0.5) is 0 Å². The lowest BCUT2D eigenvalue weighted by Gasteiger charge is -2.33. The van der Waals surface area contributed by atoms with Crippen LogP contribution in [-0.4, -0.2) is 9.97 Å². The summed E-state index contributed by atoms with van der Waals surface area (Å²) < 4.78 is 0. The minimum atomic E-state index is -0.383. The maximum Gasteiger partial charge on any atom is 0.160 e. The first-order chi connectivity index (χ1) is 28.2. The van der Waals surface area contributed by atoms with Crippen LogP contribution >= 0.6 is 0 Å². The Bertz CT molecular complexity index is 3000. The van der Waals surface area contributed by atoms with Crippen LogP contribution in [0.3, 0.4) is 0 Å². The number of hydrogen-bond acceptors (Lipinski definition) is 2. The topological polar surface area (TPSA) is 25.8 Å². The molecule has 57 heavy (non-hydrogen) atoms. The zero-order valence-corrected chi connectivity index (χ0v) is 31.3. The molecule has 9 aromatic rings. The Morgan fingerprint density at radius 3 is 1.74 bits per heavy atom. The molecular formula is C55H36N2. The lowest BCUT2D eigenvalue weighted by Crippen LogP contribution is -2.27. The SMILES string of the molecule is C1=Cc2c(ccc3c2C2(c4ccccc4-c4ccccc42)c2cc4cc(-c5ccc(-c6cc(-c7ccccc7)nc(-c7ccccc7)n6)cc5)ccc4cc2-3)CC1. The van der Waals surface area contributed by atoms with Gasteiger partial charge in [0.2, 0.25) is 0 Å². The molecular weight excluding hydrogens is 689 g/mol. The smallest absolute Gasteiger partial charge is 0.160 e. The molecule has 12 rings (SSSR count). The number of fused-ring (bicyclic) bond motifs is 13. The number of hydrogen-bond donors (Lipinski definition) is 0. The number of benzene rings is 8. The molecule has 1 heterocycles. The molecule has 0 saturated heterocycles. The minimum Gasteiger partial charge on any atom is -0.228 e. The summed E-state index contributed by atoms with van der Waals surface area (Å²) in [7, 11) is 0. The number of aromatic nitrogens is 2. The quantitative estimate of drug-likeness (QED) is 0.181. The van der Waals surface area contributed by atoms with Crippen molar-refractivity contribution in [3.8, 4) is 67.3 Å². The number of allylic oxidation sites excluding steroid dienone is 1. The highest BCUT2D eigenvalue weighted by Gasteiger charge is 2.53. The molecule has 0 unspecified atom stereocenters. The highest BCUT2D eigenvalue weighted by atomic mass is 14.9.